The highest BCUT2D eigenvalue weighted by atomic mass is 79.9. The van der Waals surface area contributed by atoms with Gasteiger partial charge in [0, 0.05) is 9.50 Å². The maximum atomic E-state index is 6.37. The van der Waals surface area contributed by atoms with Gasteiger partial charge in [0.05, 0.1) is 6.04 Å². The van der Waals surface area contributed by atoms with Crippen LogP contribution < -0.4 is 5.32 Å². The van der Waals surface area contributed by atoms with Gasteiger partial charge < -0.3 is 5.32 Å². The van der Waals surface area contributed by atoms with Crippen LogP contribution >= 0.6 is 27.5 Å². The second-order valence-corrected chi connectivity index (χ2v) is 5.89. The standard InChI is InChI=1S/C16H17BrClN/c1-3-19-16(12-6-4-11(2)5-7-12)14-9-8-13(17)10-15(14)18/h4-10,16,19H,3H2,1-2H3. The maximum absolute atomic E-state index is 6.37. The van der Waals surface area contributed by atoms with Crippen LogP contribution in [-0.4, -0.2) is 6.54 Å². The fourth-order valence-electron chi connectivity index (χ4n) is 2.11. The molecule has 0 amide bonds. The zero-order valence-electron chi connectivity index (χ0n) is 11.1. The quantitative estimate of drug-likeness (QED) is 0.817. The molecule has 0 saturated heterocycles. The summed E-state index contributed by atoms with van der Waals surface area (Å²) in [6.45, 7) is 5.09. The van der Waals surface area contributed by atoms with Crippen molar-refractivity contribution in [1.29, 1.82) is 0 Å². The van der Waals surface area contributed by atoms with Gasteiger partial charge in [-0.25, -0.2) is 0 Å². The normalized spacial score (nSPS) is 12.4. The number of aryl methyl sites for hydroxylation is 1. The molecule has 1 nitrogen and oxygen atoms in total. The lowest BCUT2D eigenvalue weighted by atomic mass is 9.98. The van der Waals surface area contributed by atoms with Crippen LogP contribution in [0.5, 0.6) is 0 Å². The lowest BCUT2D eigenvalue weighted by Crippen LogP contribution is -2.22. The van der Waals surface area contributed by atoms with Crippen LogP contribution in [0.3, 0.4) is 0 Å². The molecule has 0 saturated carbocycles. The minimum absolute atomic E-state index is 0.131. The molecule has 0 aliphatic carbocycles. The van der Waals surface area contributed by atoms with E-state index in [-0.39, 0.29) is 6.04 Å². The van der Waals surface area contributed by atoms with Crippen LogP contribution in [0, 0.1) is 6.92 Å². The predicted octanol–water partition coefficient (Wildman–Crippen LogP) is 5.11. The number of nitrogens with one attached hydrogen (secondary N) is 1. The molecule has 0 aromatic heterocycles. The van der Waals surface area contributed by atoms with E-state index < -0.39 is 0 Å². The molecule has 0 fully saturated rings. The molecule has 1 unspecified atom stereocenters. The molecule has 100 valence electrons. The van der Waals surface area contributed by atoms with E-state index in [0.717, 1.165) is 21.6 Å². The first kappa shape index (κ1) is 14.6. The van der Waals surface area contributed by atoms with Crippen molar-refractivity contribution >= 4 is 27.5 Å². The van der Waals surface area contributed by atoms with Gasteiger partial charge >= 0.3 is 0 Å². The van der Waals surface area contributed by atoms with Gasteiger partial charge in [0.1, 0.15) is 0 Å². The third kappa shape index (κ3) is 3.59. The van der Waals surface area contributed by atoms with Gasteiger partial charge in [-0.2, -0.15) is 0 Å². The van der Waals surface area contributed by atoms with Gasteiger partial charge in [-0.3, -0.25) is 0 Å². The van der Waals surface area contributed by atoms with Crippen molar-refractivity contribution in [3.63, 3.8) is 0 Å². The summed E-state index contributed by atoms with van der Waals surface area (Å²) >= 11 is 9.82. The van der Waals surface area contributed by atoms with Gasteiger partial charge in [0.2, 0.25) is 0 Å². The Hall–Kier alpha value is -0.830. The SMILES string of the molecule is CCNC(c1ccc(C)cc1)c1ccc(Br)cc1Cl. The average Bonchev–Trinajstić information content (AvgIpc) is 2.38. The Kier molecular flexibility index (Phi) is 5.03. The van der Waals surface area contributed by atoms with Gasteiger partial charge in [-0.05, 0) is 36.7 Å². The number of halogens is 2. The molecule has 0 radical (unpaired) electrons. The highest BCUT2D eigenvalue weighted by molar-refractivity contribution is 9.10. The lowest BCUT2D eigenvalue weighted by molar-refractivity contribution is 0.630. The fraction of sp³-hybridized carbons (Fsp3) is 0.250. The van der Waals surface area contributed by atoms with E-state index >= 15 is 0 Å². The molecule has 2 aromatic rings. The molecule has 0 aliphatic heterocycles. The smallest absolute Gasteiger partial charge is 0.0591 e. The topological polar surface area (TPSA) is 12.0 Å². The van der Waals surface area contributed by atoms with Crippen molar-refractivity contribution in [1.82, 2.24) is 5.32 Å². The highest BCUT2D eigenvalue weighted by Gasteiger charge is 2.15. The molecule has 1 atom stereocenters. The summed E-state index contributed by atoms with van der Waals surface area (Å²) in [5.74, 6) is 0. The van der Waals surface area contributed by atoms with Crippen molar-refractivity contribution < 1.29 is 0 Å². The van der Waals surface area contributed by atoms with Crippen LogP contribution in [0.2, 0.25) is 5.02 Å². The first-order chi connectivity index (χ1) is 9.11. The van der Waals surface area contributed by atoms with Crippen LogP contribution in [0.4, 0.5) is 0 Å². The summed E-state index contributed by atoms with van der Waals surface area (Å²) < 4.78 is 1.00. The Morgan fingerprint density at radius 1 is 1.16 bits per heavy atom. The number of hydrogen-bond donors (Lipinski definition) is 1. The summed E-state index contributed by atoms with van der Waals surface area (Å²) in [6, 6.07) is 14.7. The van der Waals surface area contributed by atoms with Crippen molar-refractivity contribution in [3.05, 3.63) is 68.7 Å². The molecule has 2 aromatic carbocycles. The molecule has 0 bridgehead atoms. The maximum Gasteiger partial charge on any atom is 0.0591 e. The second kappa shape index (κ2) is 6.56. The molecule has 19 heavy (non-hydrogen) atoms. The number of hydrogen-bond acceptors (Lipinski definition) is 1. The summed E-state index contributed by atoms with van der Waals surface area (Å²) in [4.78, 5) is 0. The molecule has 1 N–H and O–H groups in total. The van der Waals surface area contributed by atoms with Gasteiger partial charge in [-0.15, -0.1) is 0 Å². The van der Waals surface area contributed by atoms with Crippen LogP contribution in [-0.2, 0) is 0 Å². The zero-order chi connectivity index (χ0) is 13.8. The minimum Gasteiger partial charge on any atom is -0.306 e. The van der Waals surface area contributed by atoms with Crippen LogP contribution in [0.25, 0.3) is 0 Å². The Balaban J connectivity index is 2.41. The third-order valence-corrected chi connectivity index (χ3v) is 3.91. The Labute approximate surface area is 128 Å². The zero-order valence-corrected chi connectivity index (χ0v) is 13.4. The predicted molar refractivity (Wildman–Crippen MR) is 85.9 cm³/mol. The number of benzene rings is 2. The van der Waals surface area contributed by atoms with Crippen LogP contribution in [0.15, 0.2) is 46.9 Å². The monoisotopic (exact) mass is 337 g/mol. The van der Waals surface area contributed by atoms with Crippen molar-refractivity contribution in [2.75, 3.05) is 6.54 Å². The second-order valence-electron chi connectivity index (χ2n) is 4.57. The highest BCUT2D eigenvalue weighted by Crippen LogP contribution is 2.30. The summed E-state index contributed by atoms with van der Waals surface area (Å²) in [5.41, 5.74) is 3.60. The summed E-state index contributed by atoms with van der Waals surface area (Å²) in [5, 5.41) is 4.27. The Morgan fingerprint density at radius 2 is 1.84 bits per heavy atom. The number of rotatable bonds is 4. The first-order valence-corrected chi connectivity index (χ1v) is 7.54. The molecule has 2 rings (SSSR count). The van der Waals surface area contributed by atoms with Gasteiger partial charge in [0.25, 0.3) is 0 Å². The van der Waals surface area contributed by atoms with E-state index in [4.69, 9.17) is 11.6 Å². The minimum atomic E-state index is 0.131. The van der Waals surface area contributed by atoms with Gasteiger partial charge in [-0.1, -0.05) is 70.3 Å². The summed E-state index contributed by atoms with van der Waals surface area (Å²) in [7, 11) is 0. The van der Waals surface area contributed by atoms with E-state index in [9.17, 15) is 0 Å². The van der Waals surface area contributed by atoms with Gasteiger partial charge in [0.15, 0.2) is 0 Å². The molecular weight excluding hydrogens is 322 g/mol. The molecule has 0 heterocycles. The summed E-state index contributed by atoms with van der Waals surface area (Å²) in [6.07, 6.45) is 0. The Morgan fingerprint density at radius 3 is 2.42 bits per heavy atom. The largest absolute Gasteiger partial charge is 0.306 e. The van der Waals surface area contributed by atoms with E-state index in [1.165, 1.54) is 11.1 Å². The van der Waals surface area contributed by atoms with Crippen molar-refractivity contribution in [2.45, 2.75) is 19.9 Å². The fourth-order valence-corrected chi connectivity index (χ4v) is 2.89. The molecule has 0 aliphatic rings. The Bertz CT molecular complexity index is 551. The first-order valence-electron chi connectivity index (χ1n) is 6.36. The van der Waals surface area contributed by atoms with Crippen molar-refractivity contribution in [2.24, 2.45) is 0 Å². The van der Waals surface area contributed by atoms with Crippen molar-refractivity contribution in [3.8, 4) is 0 Å². The van der Waals surface area contributed by atoms with Crippen LogP contribution in [0.1, 0.15) is 29.7 Å². The molecule has 3 heteroatoms. The lowest BCUT2D eigenvalue weighted by Gasteiger charge is -2.20. The molecule has 0 spiro atoms. The average molecular weight is 339 g/mol. The van der Waals surface area contributed by atoms with E-state index in [1.807, 2.05) is 12.1 Å². The van der Waals surface area contributed by atoms with E-state index in [0.29, 0.717) is 0 Å². The molecular formula is C16H17BrClN. The third-order valence-electron chi connectivity index (χ3n) is 3.09. The van der Waals surface area contributed by atoms with E-state index in [1.54, 1.807) is 0 Å². The van der Waals surface area contributed by atoms with E-state index in [2.05, 4.69) is 65.4 Å².